The molecule has 2 nitrogen and oxygen atoms in total. The van der Waals surface area contributed by atoms with Crippen molar-refractivity contribution < 1.29 is 13.6 Å². The number of oxime groups is 1. The van der Waals surface area contributed by atoms with Gasteiger partial charge in [-0.3, -0.25) is 0 Å². The fourth-order valence-electron chi connectivity index (χ4n) is 1.50. The Morgan fingerprint density at radius 2 is 2.18 bits per heavy atom. The van der Waals surface area contributed by atoms with Crippen LogP contribution in [0.3, 0.4) is 0 Å². The van der Waals surface area contributed by atoms with E-state index in [1.807, 2.05) is 13.8 Å². The first-order chi connectivity index (χ1) is 7.96. The number of rotatable bonds is 2. The van der Waals surface area contributed by atoms with Gasteiger partial charge in [-0.2, -0.15) is 0 Å². The lowest BCUT2D eigenvalue weighted by atomic mass is 10.1. The molecule has 1 aromatic rings. The van der Waals surface area contributed by atoms with Crippen molar-refractivity contribution in [3.63, 3.8) is 0 Å². The van der Waals surface area contributed by atoms with E-state index in [9.17, 15) is 8.78 Å². The molecule has 1 aromatic carbocycles. The van der Waals surface area contributed by atoms with Crippen molar-refractivity contribution in [2.75, 3.05) is 0 Å². The quantitative estimate of drug-likeness (QED) is 0.805. The van der Waals surface area contributed by atoms with Gasteiger partial charge in [0.15, 0.2) is 0 Å². The maximum Gasteiger partial charge on any atom is 0.138 e. The molecule has 17 heavy (non-hydrogen) atoms. The van der Waals surface area contributed by atoms with E-state index in [0.29, 0.717) is 17.7 Å². The van der Waals surface area contributed by atoms with Crippen LogP contribution in [0, 0.1) is 11.6 Å². The molecule has 2 rings (SSSR count). The Hall–Kier alpha value is -1.10. The molecule has 0 spiro atoms. The Morgan fingerprint density at radius 1 is 1.41 bits per heavy atom. The Labute approximate surface area is 103 Å². The highest BCUT2D eigenvalue weighted by Crippen LogP contribution is 2.29. The lowest BCUT2D eigenvalue weighted by molar-refractivity contribution is 0.0123. The predicted molar refractivity (Wildman–Crippen MR) is 64.9 cm³/mol. The average Bonchev–Trinajstić information content (AvgIpc) is 2.60. The second-order valence-corrected chi connectivity index (χ2v) is 5.59. The number of hydrogen-bond acceptors (Lipinski definition) is 3. The Balaban J connectivity index is 1.97. The molecule has 0 atom stereocenters. The van der Waals surface area contributed by atoms with Crippen molar-refractivity contribution in [3.8, 4) is 0 Å². The highest BCUT2D eigenvalue weighted by Gasteiger charge is 2.29. The number of hydrogen-bond donors (Lipinski definition) is 0. The molecule has 0 saturated carbocycles. The number of nitrogens with zero attached hydrogens (tertiary/aromatic N) is 1. The van der Waals surface area contributed by atoms with E-state index in [1.165, 1.54) is 17.8 Å². The molecule has 5 heteroatoms. The summed E-state index contributed by atoms with van der Waals surface area (Å²) >= 11 is 1.38. The third-order valence-corrected chi connectivity index (χ3v) is 3.38. The molecule has 0 saturated heterocycles. The van der Waals surface area contributed by atoms with Crippen LogP contribution in [0.5, 0.6) is 0 Å². The lowest BCUT2D eigenvalue weighted by Crippen LogP contribution is -2.18. The molecule has 0 aliphatic carbocycles. The number of benzene rings is 1. The van der Waals surface area contributed by atoms with Gasteiger partial charge in [0.05, 0.1) is 0 Å². The normalized spacial score (nSPS) is 17.8. The van der Waals surface area contributed by atoms with Crippen LogP contribution in [0.15, 0.2) is 23.4 Å². The summed E-state index contributed by atoms with van der Waals surface area (Å²) in [6, 6.07) is 3.47. The molecule has 1 aliphatic rings. The van der Waals surface area contributed by atoms with Crippen molar-refractivity contribution in [2.24, 2.45) is 5.16 Å². The number of halogens is 2. The van der Waals surface area contributed by atoms with E-state index >= 15 is 0 Å². The Morgan fingerprint density at radius 3 is 2.82 bits per heavy atom. The maximum absolute atomic E-state index is 13.3. The molecule has 0 N–H and O–H groups in total. The van der Waals surface area contributed by atoms with Gasteiger partial charge in [-0.1, -0.05) is 5.16 Å². The van der Waals surface area contributed by atoms with Gasteiger partial charge in [0, 0.05) is 17.7 Å². The van der Waals surface area contributed by atoms with Crippen LogP contribution < -0.4 is 0 Å². The van der Waals surface area contributed by atoms with Gasteiger partial charge < -0.3 is 4.84 Å². The second kappa shape index (κ2) is 4.64. The van der Waals surface area contributed by atoms with Crippen LogP contribution in [0.1, 0.15) is 25.8 Å². The fourth-order valence-corrected chi connectivity index (χ4v) is 2.58. The summed E-state index contributed by atoms with van der Waals surface area (Å²) in [5.41, 5.74) is 0.0606. The van der Waals surface area contributed by atoms with Crippen LogP contribution in [0.4, 0.5) is 8.78 Å². The molecule has 0 fully saturated rings. The minimum atomic E-state index is -0.424. The third-order valence-electron chi connectivity index (χ3n) is 2.37. The van der Waals surface area contributed by atoms with Gasteiger partial charge >= 0.3 is 0 Å². The highest BCUT2D eigenvalue weighted by atomic mass is 32.2. The van der Waals surface area contributed by atoms with Gasteiger partial charge in [0.2, 0.25) is 0 Å². The smallest absolute Gasteiger partial charge is 0.138 e. The van der Waals surface area contributed by atoms with Crippen molar-refractivity contribution in [1.82, 2.24) is 0 Å². The highest BCUT2D eigenvalue weighted by molar-refractivity contribution is 8.13. The van der Waals surface area contributed by atoms with Crippen molar-refractivity contribution in [3.05, 3.63) is 35.4 Å². The van der Waals surface area contributed by atoms with E-state index in [1.54, 1.807) is 0 Å². The maximum atomic E-state index is 13.3. The van der Waals surface area contributed by atoms with Crippen molar-refractivity contribution >= 4 is 16.8 Å². The van der Waals surface area contributed by atoms with Crippen LogP contribution in [0.2, 0.25) is 0 Å². The number of thioether (sulfide) groups is 1. The third kappa shape index (κ3) is 3.19. The van der Waals surface area contributed by atoms with Crippen LogP contribution >= 0.6 is 11.8 Å². The SMILES string of the molecule is CC1(C)CC(SCc2cc(F)ccc2F)=NO1. The minimum absolute atomic E-state index is 0.289. The standard InChI is InChI=1S/C12H13F2NOS/c1-12(2)6-11(15-16-12)17-7-8-5-9(13)3-4-10(8)14/h3-5H,6-7H2,1-2H3. The average molecular weight is 257 g/mol. The zero-order valence-corrected chi connectivity index (χ0v) is 10.5. The lowest BCUT2D eigenvalue weighted by Gasteiger charge is -2.13. The summed E-state index contributed by atoms with van der Waals surface area (Å²) in [4.78, 5) is 5.19. The molecule has 1 aliphatic heterocycles. The van der Waals surface area contributed by atoms with Gasteiger partial charge in [-0.15, -0.1) is 11.8 Å². The second-order valence-electron chi connectivity index (χ2n) is 4.54. The largest absolute Gasteiger partial charge is 0.389 e. The summed E-state index contributed by atoms with van der Waals surface area (Å²) in [6.07, 6.45) is 0.703. The van der Waals surface area contributed by atoms with Gasteiger partial charge in [-0.05, 0) is 32.0 Å². The Bertz CT molecular complexity index is 460. The van der Waals surface area contributed by atoms with Gasteiger partial charge in [0.25, 0.3) is 0 Å². The minimum Gasteiger partial charge on any atom is -0.389 e. The van der Waals surface area contributed by atoms with Crippen LogP contribution in [0.25, 0.3) is 0 Å². The molecule has 0 bridgehead atoms. The zero-order chi connectivity index (χ0) is 12.5. The van der Waals surface area contributed by atoms with Crippen LogP contribution in [-0.2, 0) is 10.6 Å². The van der Waals surface area contributed by atoms with Gasteiger partial charge in [-0.25, -0.2) is 8.78 Å². The van der Waals surface area contributed by atoms with E-state index in [2.05, 4.69) is 5.16 Å². The first-order valence-electron chi connectivity index (χ1n) is 5.28. The molecule has 92 valence electrons. The molecular formula is C12H13F2NOS. The zero-order valence-electron chi connectivity index (χ0n) is 9.67. The molecule has 0 aromatic heterocycles. The van der Waals surface area contributed by atoms with E-state index in [-0.39, 0.29) is 5.60 Å². The summed E-state index contributed by atoms with van der Waals surface area (Å²) in [7, 11) is 0. The molecule has 0 amide bonds. The predicted octanol–water partition coefficient (Wildman–Crippen LogP) is 3.71. The molecule has 0 radical (unpaired) electrons. The van der Waals surface area contributed by atoms with E-state index in [4.69, 9.17) is 4.84 Å². The molecule has 1 heterocycles. The Kier molecular flexibility index (Phi) is 3.38. The monoisotopic (exact) mass is 257 g/mol. The first kappa shape index (κ1) is 12.4. The van der Waals surface area contributed by atoms with Gasteiger partial charge in [0.1, 0.15) is 22.3 Å². The summed E-state index contributed by atoms with van der Waals surface area (Å²) in [5, 5.41) is 4.74. The molecular weight excluding hydrogens is 244 g/mol. The van der Waals surface area contributed by atoms with Crippen molar-refractivity contribution in [1.29, 1.82) is 0 Å². The molecule has 0 unspecified atom stereocenters. The fraction of sp³-hybridized carbons (Fsp3) is 0.417. The van der Waals surface area contributed by atoms with E-state index in [0.717, 1.165) is 17.2 Å². The topological polar surface area (TPSA) is 21.6 Å². The van der Waals surface area contributed by atoms with E-state index < -0.39 is 11.6 Å². The first-order valence-corrected chi connectivity index (χ1v) is 6.27. The summed E-state index contributed by atoms with van der Waals surface area (Å²) in [6.45, 7) is 3.87. The van der Waals surface area contributed by atoms with Crippen molar-refractivity contribution in [2.45, 2.75) is 31.6 Å². The van der Waals surface area contributed by atoms with Crippen LogP contribution in [-0.4, -0.2) is 10.6 Å². The summed E-state index contributed by atoms with van der Waals surface area (Å²) < 4.78 is 26.3. The summed E-state index contributed by atoms with van der Waals surface area (Å²) in [5.74, 6) is -0.452.